The van der Waals surface area contributed by atoms with Crippen LogP contribution in [0, 0.1) is 6.92 Å². The lowest BCUT2D eigenvalue weighted by Gasteiger charge is -2.05. The van der Waals surface area contributed by atoms with E-state index < -0.39 is 0 Å². The second-order valence-electron chi connectivity index (χ2n) is 5.96. The minimum absolute atomic E-state index is 0.0375. The molecule has 0 aliphatic heterocycles. The average molecular weight is 270 g/mol. The lowest BCUT2D eigenvalue weighted by molar-refractivity contribution is -0.121. The minimum Gasteiger partial charge on any atom is -0.352 e. The number of aryl methyl sites for hydroxylation is 1. The van der Waals surface area contributed by atoms with Crippen LogP contribution in [0.5, 0.6) is 0 Å². The van der Waals surface area contributed by atoms with Gasteiger partial charge < -0.3 is 5.32 Å². The Morgan fingerprint density at radius 2 is 2.20 bits per heavy atom. The highest BCUT2D eigenvalue weighted by Crippen LogP contribution is 2.43. The summed E-state index contributed by atoms with van der Waals surface area (Å²) in [4.78, 5) is 16.4. The number of nitrogens with zero attached hydrogens (tertiary/aromatic N) is 3. The predicted octanol–water partition coefficient (Wildman–Crippen LogP) is 1.90. The van der Waals surface area contributed by atoms with Gasteiger partial charge in [0.15, 0.2) is 5.65 Å². The van der Waals surface area contributed by atoms with Gasteiger partial charge in [-0.2, -0.15) is 5.10 Å². The van der Waals surface area contributed by atoms with E-state index >= 15 is 0 Å². The van der Waals surface area contributed by atoms with Crippen molar-refractivity contribution in [3.8, 4) is 0 Å². The van der Waals surface area contributed by atoms with E-state index in [4.69, 9.17) is 0 Å². The molecule has 2 fully saturated rings. The zero-order chi connectivity index (χ0) is 13.7. The Morgan fingerprint density at radius 1 is 1.40 bits per heavy atom. The molecule has 0 atom stereocenters. The van der Waals surface area contributed by atoms with Gasteiger partial charge in [0.1, 0.15) is 6.54 Å². The number of rotatable bonds is 4. The molecule has 2 aliphatic rings. The first-order valence-corrected chi connectivity index (χ1v) is 7.34. The maximum atomic E-state index is 11.9. The summed E-state index contributed by atoms with van der Waals surface area (Å²) in [5.74, 6) is 0.702. The maximum Gasteiger partial charge on any atom is 0.242 e. The largest absolute Gasteiger partial charge is 0.352 e. The van der Waals surface area contributed by atoms with Gasteiger partial charge in [0.25, 0.3) is 0 Å². The van der Waals surface area contributed by atoms with Crippen molar-refractivity contribution in [1.82, 2.24) is 20.1 Å². The molecule has 0 saturated heterocycles. The number of carbonyl (C=O) groups excluding carboxylic acids is 1. The topological polar surface area (TPSA) is 59.8 Å². The zero-order valence-electron chi connectivity index (χ0n) is 11.6. The number of aromatic nitrogens is 3. The Kier molecular flexibility index (Phi) is 2.55. The van der Waals surface area contributed by atoms with Crippen LogP contribution in [-0.2, 0) is 11.3 Å². The van der Waals surface area contributed by atoms with E-state index in [-0.39, 0.29) is 12.5 Å². The normalized spacial score (nSPS) is 18.4. The number of amides is 1. The molecule has 20 heavy (non-hydrogen) atoms. The van der Waals surface area contributed by atoms with Gasteiger partial charge >= 0.3 is 0 Å². The Hall–Kier alpha value is -1.91. The van der Waals surface area contributed by atoms with E-state index in [1.54, 1.807) is 4.68 Å². The lowest BCUT2D eigenvalue weighted by atomic mass is 10.1. The molecular weight excluding hydrogens is 252 g/mol. The van der Waals surface area contributed by atoms with Crippen molar-refractivity contribution in [3.05, 3.63) is 23.5 Å². The van der Waals surface area contributed by atoms with Crippen LogP contribution in [0.15, 0.2) is 12.3 Å². The number of nitrogens with one attached hydrogen (secondary N) is 1. The summed E-state index contributed by atoms with van der Waals surface area (Å²) in [5.41, 5.74) is 3.17. The summed E-state index contributed by atoms with van der Waals surface area (Å²) in [6.45, 7) is 2.27. The first kappa shape index (κ1) is 11.9. The molecule has 4 rings (SSSR count). The summed E-state index contributed by atoms with van der Waals surface area (Å²) in [6.07, 6.45) is 6.56. The van der Waals surface area contributed by atoms with Crippen LogP contribution in [-0.4, -0.2) is 26.7 Å². The highest BCUT2D eigenvalue weighted by atomic mass is 16.2. The molecule has 2 aromatic heterocycles. The van der Waals surface area contributed by atoms with E-state index in [0.717, 1.165) is 29.6 Å². The molecule has 1 N–H and O–H groups in total. The first-order chi connectivity index (χ1) is 9.72. The number of carbonyl (C=O) groups is 1. The van der Waals surface area contributed by atoms with Gasteiger partial charge in [-0.15, -0.1) is 0 Å². The fourth-order valence-electron chi connectivity index (χ4n) is 2.79. The monoisotopic (exact) mass is 270 g/mol. The van der Waals surface area contributed by atoms with Crippen molar-refractivity contribution in [2.24, 2.45) is 0 Å². The summed E-state index contributed by atoms with van der Waals surface area (Å²) in [5, 5.41) is 8.67. The van der Waals surface area contributed by atoms with Crippen LogP contribution in [0.25, 0.3) is 11.0 Å². The third-order valence-electron chi connectivity index (χ3n) is 4.09. The molecule has 2 aliphatic carbocycles. The second kappa shape index (κ2) is 4.30. The van der Waals surface area contributed by atoms with Crippen LogP contribution in [0.1, 0.15) is 42.9 Å². The summed E-state index contributed by atoms with van der Waals surface area (Å²) < 4.78 is 1.74. The molecule has 0 bridgehead atoms. The van der Waals surface area contributed by atoms with Gasteiger partial charge in [0.2, 0.25) is 5.91 Å². The molecule has 0 spiro atoms. The Labute approximate surface area is 117 Å². The highest BCUT2D eigenvalue weighted by Gasteiger charge is 2.28. The molecule has 1 amide bonds. The predicted molar refractivity (Wildman–Crippen MR) is 75.4 cm³/mol. The molecule has 2 aromatic rings. The molecule has 2 heterocycles. The van der Waals surface area contributed by atoms with Gasteiger partial charge in [0.05, 0.1) is 5.69 Å². The third-order valence-corrected chi connectivity index (χ3v) is 4.09. The van der Waals surface area contributed by atoms with E-state index in [1.807, 2.05) is 13.1 Å². The van der Waals surface area contributed by atoms with Crippen molar-refractivity contribution < 1.29 is 4.79 Å². The number of pyridine rings is 1. The average Bonchev–Trinajstić information content (AvgIpc) is 3.31. The fourth-order valence-corrected chi connectivity index (χ4v) is 2.79. The SMILES string of the molecule is Cc1nn(CC(=O)NC2CC2)c2nccc(C3CC3)c12. The quantitative estimate of drug-likeness (QED) is 0.923. The van der Waals surface area contributed by atoms with Crippen molar-refractivity contribution in [2.45, 2.75) is 51.1 Å². The number of hydrogen-bond donors (Lipinski definition) is 1. The van der Waals surface area contributed by atoms with E-state index in [2.05, 4.69) is 21.5 Å². The minimum atomic E-state index is 0.0375. The van der Waals surface area contributed by atoms with Gasteiger partial charge in [-0.3, -0.25) is 4.79 Å². The van der Waals surface area contributed by atoms with Gasteiger partial charge in [0, 0.05) is 17.6 Å². The number of hydrogen-bond acceptors (Lipinski definition) is 3. The molecule has 0 unspecified atom stereocenters. The molecule has 2 saturated carbocycles. The Morgan fingerprint density at radius 3 is 2.90 bits per heavy atom. The van der Waals surface area contributed by atoms with Gasteiger partial charge in [-0.25, -0.2) is 9.67 Å². The Bertz CT molecular complexity index is 682. The van der Waals surface area contributed by atoms with E-state index in [0.29, 0.717) is 12.0 Å². The standard InChI is InChI=1S/C15H18N4O/c1-9-14-12(10-2-3-10)6-7-16-15(14)19(18-9)8-13(20)17-11-4-5-11/h6-7,10-11H,2-5,8H2,1H3,(H,17,20). The fraction of sp³-hybridized carbons (Fsp3) is 0.533. The zero-order valence-corrected chi connectivity index (χ0v) is 11.6. The van der Waals surface area contributed by atoms with Crippen LogP contribution in [0.4, 0.5) is 0 Å². The Balaban J connectivity index is 1.68. The van der Waals surface area contributed by atoms with Crippen molar-refractivity contribution in [2.75, 3.05) is 0 Å². The summed E-state index contributed by atoms with van der Waals surface area (Å²) in [7, 11) is 0. The third kappa shape index (κ3) is 2.07. The lowest BCUT2D eigenvalue weighted by Crippen LogP contribution is -2.29. The summed E-state index contributed by atoms with van der Waals surface area (Å²) >= 11 is 0. The van der Waals surface area contributed by atoms with Gasteiger partial charge in [-0.1, -0.05) is 0 Å². The van der Waals surface area contributed by atoms with E-state index in [1.165, 1.54) is 18.4 Å². The maximum absolute atomic E-state index is 11.9. The van der Waals surface area contributed by atoms with Gasteiger partial charge in [-0.05, 0) is 50.2 Å². The smallest absolute Gasteiger partial charge is 0.242 e. The second-order valence-corrected chi connectivity index (χ2v) is 5.96. The molecule has 0 radical (unpaired) electrons. The molecular formula is C15H18N4O. The van der Waals surface area contributed by atoms with Crippen molar-refractivity contribution in [1.29, 1.82) is 0 Å². The highest BCUT2D eigenvalue weighted by molar-refractivity contribution is 5.85. The molecule has 104 valence electrons. The van der Waals surface area contributed by atoms with Crippen LogP contribution < -0.4 is 5.32 Å². The molecule has 5 heteroatoms. The van der Waals surface area contributed by atoms with E-state index in [9.17, 15) is 4.79 Å². The molecule has 5 nitrogen and oxygen atoms in total. The van der Waals surface area contributed by atoms with Crippen LogP contribution in [0.2, 0.25) is 0 Å². The molecule has 0 aromatic carbocycles. The van der Waals surface area contributed by atoms with Crippen LogP contribution in [0.3, 0.4) is 0 Å². The van der Waals surface area contributed by atoms with Crippen molar-refractivity contribution >= 4 is 16.9 Å². The van der Waals surface area contributed by atoms with Crippen LogP contribution >= 0.6 is 0 Å². The van der Waals surface area contributed by atoms with Crippen molar-refractivity contribution in [3.63, 3.8) is 0 Å². The first-order valence-electron chi connectivity index (χ1n) is 7.34. The number of fused-ring (bicyclic) bond motifs is 1. The summed E-state index contributed by atoms with van der Waals surface area (Å²) in [6, 6.07) is 2.49.